The van der Waals surface area contributed by atoms with Gasteiger partial charge in [0.25, 0.3) is 0 Å². The molecule has 0 saturated carbocycles. The van der Waals surface area contributed by atoms with Crippen LogP contribution in [0.25, 0.3) is 0 Å². The largest absolute Gasteiger partial charge is 0.325 e. The molecule has 1 N–H and O–H groups in total. The molecule has 6 nitrogen and oxygen atoms in total. The summed E-state index contributed by atoms with van der Waals surface area (Å²) in [6.07, 6.45) is 3.77. The van der Waals surface area contributed by atoms with Crippen molar-refractivity contribution in [3.63, 3.8) is 0 Å². The van der Waals surface area contributed by atoms with Crippen LogP contribution in [0.5, 0.6) is 0 Å². The number of amides is 2. The van der Waals surface area contributed by atoms with Crippen LogP contribution in [0.2, 0.25) is 5.02 Å². The highest BCUT2D eigenvalue weighted by molar-refractivity contribution is 6.31. The van der Waals surface area contributed by atoms with Crippen molar-refractivity contribution < 1.29 is 9.59 Å². The molecule has 0 radical (unpaired) electrons. The second-order valence-electron chi connectivity index (χ2n) is 6.74. The van der Waals surface area contributed by atoms with Gasteiger partial charge in [0.1, 0.15) is 0 Å². The van der Waals surface area contributed by atoms with Crippen molar-refractivity contribution in [3.8, 4) is 0 Å². The van der Waals surface area contributed by atoms with Crippen LogP contribution in [0, 0.1) is 5.92 Å². The first-order valence-corrected chi connectivity index (χ1v) is 9.40. The Morgan fingerprint density at radius 3 is 2.82 bits per heavy atom. The highest BCUT2D eigenvalue weighted by Crippen LogP contribution is 2.28. The number of carbonyl (C=O) groups excluding carboxylic acids is 2. The van der Waals surface area contributed by atoms with Crippen molar-refractivity contribution in [3.05, 3.63) is 77.6 Å². The maximum atomic E-state index is 12.8. The first kappa shape index (κ1) is 18.3. The minimum Gasteiger partial charge on any atom is -0.325 e. The molecule has 1 aliphatic heterocycles. The molecule has 1 saturated heterocycles. The van der Waals surface area contributed by atoms with Crippen LogP contribution in [-0.2, 0) is 16.1 Å². The average Bonchev–Trinajstić information content (AvgIpc) is 3.33. The fourth-order valence-corrected chi connectivity index (χ4v) is 3.54. The lowest BCUT2D eigenvalue weighted by Gasteiger charge is -2.17. The van der Waals surface area contributed by atoms with Gasteiger partial charge >= 0.3 is 0 Å². The molecule has 1 aliphatic rings. The molecule has 1 fully saturated rings. The van der Waals surface area contributed by atoms with Crippen molar-refractivity contribution in [2.24, 2.45) is 5.92 Å². The molecule has 4 rings (SSSR count). The summed E-state index contributed by atoms with van der Waals surface area (Å²) in [4.78, 5) is 26.9. The first-order chi connectivity index (χ1) is 13.6. The number of nitrogens with zero attached hydrogens (tertiary/aromatic N) is 3. The van der Waals surface area contributed by atoms with E-state index in [1.807, 2.05) is 42.6 Å². The van der Waals surface area contributed by atoms with Gasteiger partial charge in [0.15, 0.2) is 0 Å². The van der Waals surface area contributed by atoms with Crippen LogP contribution in [0.15, 0.2) is 67.0 Å². The van der Waals surface area contributed by atoms with E-state index in [2.05, 4.69) is 10.4 Å². The molecule has 1 unspecified atom stereocenters. The summed E-state index contributed by atoms with van der Waals surface area (Å²) in [5, 5.41) is 7.76. The van der Waals surface area contributed by atoms with Gasteiger partial charge in [-0.2, -0.15) is 5.10 Å². The van der Waals surface area contributed by atoms with Crippen LogP contribution in [0.3, 0.4) is 0 Å². The van der Waals surface area contributed by atoms with E-state index < -0.39 is 5.92 Å². The van der Waals surface area contributed by atoms with Crippen molar-refractivity contribution in [2.75, 3.05) is 16.8 Å². The van der Waals surface area contributed by atoms with Crippen molar-refractivity contribution in [1.29, 1.82) is 0 Å². The summed E-state index contributed by atoms with van der Waals surface area (Å²) < 4.78 is 1.80. The second kappa shape index (κ2) is 7.86. The zero-order valence-corrected chi connectivity index (χ0v) is 15.8. The molecule has 3 aromatic rings. The van der Waals surface area contributed by atoms with Crippen molar-refractivity contribution in [1.82, 2.24) is 9.78 Å². The Kier molecular flexibility index (Phi) is 5.12. The third-order valence-corrected chi connectivity index (χ3v) is 5.02. The molecule has 0 spiro atoms. The van der Waals surface area contributed by atoms with Gasteiger partial charge in [-0.3, -0.25) is 14.3 Å². The highest BCUT2D eigenvalue weighted by Gasteiger charge is 2.35. The second-order valence-corrected chi connectivity index (χ2v) is 7.17. The van der Waals surface area contributed by atoms with Gasteiger partial charge in [0.05, 0.1) is 12.5 Å². The summed E-state index contributed by atoms with van der Waals surface area (Å²) in [6.45, 7) is 0.897. The lowest BCUT2D eigenvalue weighted by atomic mass is 10.1. The molecular weight excluding hydrogens is 376 g/mol. The van der Waals surface area contributed by atoms with Gasteiger partial charge in [-0.15, -0.1) is 0 Å². The fraction of sp³-hybridized carbons (Fsp3) is 0.190. The minimum atomic E-state index is -0.413. The van der Waals surface area contributed by atoms with E-state index in [1.165, 1.54) is 0 Å². The third-order valence-electron chi connectivity index (χ3n) is 4.78. The lowest BCUT2D eigenvalue weighted by molar-refractivity contribution is -0.122. The number of carbonyl (C=O) groups is 2. The number of hydrogen-bond acceptors (Lipinski definition) is 3. The zero-order valence-electron chi connectivity index (χ0n) is 15.1. The minimum absolute atomic E-state index is 0.0766. The van der Waals surface area contributed by atoms with Gasteiger partial charge in [-0.05, 0) is 35.9 Å². The summed E-state index contributed by atoms with van der Waals surface area (Å²) in [5.41, 5.74) is 2.40. The standard InChI is InChI=1S/C21H19ClN4O2/c22-17-6-3-7-18(12-17)26-14-16(11-20(26)27)21(28)24-19-8-2-1-5-15(19)13-25-10-4-9-23-25/h1-10,12,16H,11,13-14H2,(H,24,28). The molecule has 1 atom stereocenters. The van der Waals surface area contributed by atoms with E-state index in [-0.39, 0.29) is 18.2 Å². The van der Waals surface area contributed by atoms with Crippen molar-refractivity contribution >= 4 is 34.8 Å². The number of rotatable bonds is 5. The van der Waals surface area contributed by atoms with Gasteiger partial charge in [-0.1, -0.05) is 35.9 Å². The van der Waals surface area contributed by atoms with E-state index in [4.69, 9.17) is 11.6 Å². The Morgan fingerprint density at radius 1 is 1.18 bits per heavy atom. The van der Waals surface area contributed by atoms with Gasteiger partial charge in [0.2, 0.25) is 11.8 Å². The Hall–Kier alpha value is -3.12. The van der Waals surface area contributed by atoms with E-state index in [1.54, 1.807) is 34.0 Å². The Morgan fingerprint density at radius 2 is 2.04 bits per heavy atom. The molecule has 2 aromatic carbocycles. The quantitative estimate of drug-likeness (QED) is 0.719. The number of nitrogens with one attached hydrogen (secondary N) is 1. The maximum Gasteiger partial charge on any atom is 0.229 e. The van der Waals surface area contributed by atoms with Crippen molar-refractivity contribution in [2.45, 2.75) is 13.0 Å². The third kappa shape index (κ3) is 3.92. The van der Waals surface area contributed by atoms with E-state index in [0.29, 0.717) is 23.8 Å². The molecule has 7 heteroatoms. The molecule has 2 heterocycles. The highest BCUT2D eigenvalue weighted by atomic mass is 35.5. The molecular formula is C21H19ClN4O2. The topological polar surface area (TPSA) is 67.2 Å². The van der Waals surface area contributed by atoms with Crippen LogP contribution < -0.4 is 10.2 Å². The van der Waals surface area contributed by atoms with E-state index in [0.717, 1.165) is 11.3 Å². The van der Waals surface area contributed by atoms with Crippen LogP contribution in [0.4, 0.5) is 11.4 Å². The summed E-state index contributed by atoms with van der Waals surface area (Å²) >= 11 is 6.03. The number of benzene rings is 2. The van der Waals surface area contributed by atoms with Crippen LogP contribution in [-0.4, -0.2) is 28.1 Å². The summed E-state index contributed by atoms with van der Waals surface area (Å²) in [7, 11) is 0. The zero-order chi connectivity index (χ0) is 19.5. The van der Waals surface area contributed by atoms with Gasteiger partial charge < -0.3 is 10.2 Å². The first-order valence-electron chi connectivity index (χ1n) is 9.02. The number of para-hydroxylation sites is 1. The van der Waals surface area contributed by atoms with E-state index >= 15 is 0 Å². The SMILES string of the molecule is O=C(Nc1ccccc1Cn1cccn1)C1CC(=O)N(c2cccc(Cl)c2)C1. The fourth-order valence-electron chi connectivity index (χ4n) is 3.36. The van der Waals surface area contributed by atoms with Crippen LogP contribution in [0.1, 0.15) is 12.0 Å². The monoisotopic (exact) mass is 394 g/mol. The number of halogens is 1. The Balaban J connectivity index is 1.47. The Bertz CT molecular complexity index is 1000. The summed E-state index contributed by atoms with van der Waals surface area (Å²) in [5.74, 6) is -0.651. The number of aromatic nitrogens is 2. The van der Waals surface area contributed by atoms with Gasteiger partial charge in [0, 0.05) is 41.8 Å². The lowest BCUT2D eigenvalue weighted by Crippen LogP contribution is -2.28. The smallest absolute Gasteiger partial charge is 0.229 e. The number of anilines is 2. The maximum absolute atomic E-state index is 12.8. The normalized spacial score (nSPS) is 16.4. The Labute approximate surface area is 167 Å². The van der Waals surface area contributed by atoms with E-state index in [9.17, 15) is 9.59 Å². The molecule has 28 heavy (non-hydrogen) atoms. The molecule has 142 valence electrons. The molecule has 0 bridgehead atoms. The van der Waals surface area contributed by atoms with Crippen LogP contribution >= 0.6 is 11.6 Å². The van der Waals surface area contributed by atoms with Gasteiger partial charge in [-0.25, -0.2) is 0 Å². The molecule has 2 amide bonds. The summed E-state index contributed by atoms with van der Waals surface area (Å²) in [6, 6.07) is 16.6. The average molecular weight is 395 g/mol. The molecule has 0 aliphatic carbocycles. The molecule has 1 aromatic heterocycles. The predicted octanol–water partition coefficient (Wildman–Crippen LogP) is 3.58. The number of hydrogen-bond donors (Lipinski definition) is 1. The predicted molar refractivity (Wildman–Crippen MR) is 108 cm³/mol.